The van der Waals surface area contributed by atoms with Crippen LogP contribution in [-0.4, -0.2) is 38.4 Å². The van der Waals surface area contributed by atoms with Crippen molar-refractivity contribution in [1.29, 1.82) is 0 Å². The van der Waals surface area contributed by atoms with Crippen molar-refractivity contribution >= 4 is 20.3 Å². The minimum absolute atomic E-state index is 0.141. The predicted octanol–water partition coefficient (Wildman–Crippen LogP) is 4.58. The molecular weight excluding hydrogens is 334 g/mol. The number of carbonyl (C=O) groups is 2. The van der Waals surface area contributed by atoms with E-state index in [1.165, 1.54) is 6.92 Å². The van der Waals surface area contributed by atoms with Gasteiger partial charge < -0.3 is 9.16 Å². The maximum atomic E-state index is 12.2. The Labute approximate surface area is 152 Å². The van der Waals surface area contributed by atoms with Crippen molar-refractivity contribution in [3.8, 4) is 0 Å². The Hall–Kier alpha value is -1.66. The Morgan fingerprint density at radius 2 is 1.72 bits per heavy atom. The van der Waals surface area contributed by atoms with E-state index in [0.29, 0.717) is 19.6 Å². The zero-order valence-electron chi connectivity index (χ0n) is 16.3. The molecule has 25 heavy (non-hydrogen) atoms. The third kappa shape index (κ3) is 7.00. The third-order valence-corrected chi connectivity index (χ3v) is 9.14. The molecule has 0 aliphatic carbocycles. The van der Waals surface area contributed by atoms with Crippen LogP contribution in [-0.2, 0) is 20.6 Å². The molecule has 140 valence electrons. The summed E-state index contributed by atoms with van der Waals surface area (Å²) >= 11 is 0. The summed E-state index contributed by atoms with van der Waals surface area (Å²) in [7, 11) is -1.81. The standard InChI is InChI=1S/C19H31NO4Si/c1-16(21)20(13-10-14-24-25(5,6)19(2,3)4)18(22)23-15-17-11-8-7-9-12-17/h7-9,11-12H,10,13-15H2,1-6H3. The summed E-state index contributed by atoms with van der Waals surface area (Å²) in [6, 6.07) is 9.40. The van der Waals surface area contributed by atoms with Crippen molar-refractivity contribution in [2.24, 2.45) is 0 Å². The Bertz CT molecular complexity index is 567. The molecule has 0 spiro atoms. The highest BCUT2D eigenvalue weighted by Gasteiger charge is 2.36. The fourth-order valence-corrected chi connectivity index (χ4v) is 3.03. The minimum Gasteiger partial charge on any atom is -0.444 e. The van der Waals surface area contributed by atoms with Crippen LogP contribution < -0.4 is 0 Å². The van der Waals surface area contributed by atoms with Crippen molar-refractivity contribution in [2.75, 3.05) is 13.2 Å². The normalized spacial score (nSPS) is 11.9. The zero-order valence-corrected chi connectivity index (χ0v) is 17.3. The van der Waals surface area contributed by atoms with Gasteiger partial charge in [0.05, 0.1) is 0 Å². The summed E-state index contributed by atoms with van der Waals surface area (Å²) in [6.07, 6.45) is -0.00401. The van der Waals surface area contributed by atoms with E-state index in [0.717, 1.165) is 10.5 Å². The van der Waals surface area contributed by atoms with Gasteiger partial charge in [0.25, 0.3) is 0 Å². The van der Waals surface area contributed by atoms with Gasteiger partial charge in [-0.25, -0.2) is 9.69 Å². The minimum atomic E-state index is -1.81. The highest BCUT2D eigenvalue weighted by molar-refractivity contribution is 6.74. The van der Waals surface area contributed by atoms with Gasteiger partial charge in [-0.15, -0.1) is 0 Å². The molecule has 0 saturated heterocycles. The van der Waals surface area contributed by atoms with Crippen molar-refractivity contribution in [2.45, 2.75) is 58.9 Å². The van der Waals surface area contributed by atoms with E-state index in [2.05, 4.69) is 33.9 Å². The lowest BCUT2D eigenvalue weighted by atomic mass is 10.2. The molecule has 1 aromatic carbocycles. The molecule has 6 heteroatoms. The molecule has 0 fully saturated rings. The van der Waals surface area contributed by atoms with Gasteiger partial charge in [-0.3, -0.25) is 4.79 Å². The van der Waals surface area contributed by atoms with E-state index >= 15 is 0 Å². The Balaban J connectivity index is 2.46. The first kappa shape index (κ1) is 21.4. The number of nitrogens with zero attached hydrogens (tertiary/aromatic N) is 1. The van der Waals surface area contributed by atoms with Crippen molar-refractivity contribution in [3.63, 3.8) is 0 Å². The molecule has 0 bridgehead atoms. The average Bonchev–Trinajstić information content (AvgIpc) is 2.52. The second kappa shape index (κ2) is 9.15. The topological polar surface area (TPSA) is 55.8 Å². The molecule has 1 aromatic rings. The first-order valence-electron chi connectivity index (χ1n) is 8.67. The predicted molar refractivity (Wildman–Crippen MR) is 102 cm³/mol. The smallest absolute Gasteiger partial charge is 0.416 e. The van der Waals surface area contributed by atoms with Crippen molar-refractivity contribution in [1.82, 2.24) is 4.90 Å². The highest BCUT2D eigenvalue weighted by atomic mass is 28.4. The Morgan fingerprint density at radius 1 is 1.12 bits per heavy atom. The third-order valence-electron chi connectivity index (χ3n) is 4.60. The average molecular weight is 366 g/mol. The molecule has 0 unspecified atom stereocenters. The van der Waals surface area contributed by atoms with E-state index in [9.17, 15) is 9.59 Å². The molecule has 0 radical (unpaired) electrons. The van der Waals surface area contributed by atoms with Crippen LogP contribution in [0.3, 0.4) is 0 Å². The van der Waals surface area contributed by atoms with Gasteiger partial charge >= 0.3 is 6.09 Å². The van der Waals surface area contributed by atoms with Gasteiger partial charge in [0, 0.05) is 20.1 Å². The maximum Gasteiger partial charge on any atom is 0.416 e. The lowest BCUT2D eigenvalue weighted by Crippen LogP contribution is -2.42. The number of imide groups is 1. The molecule has 0 saturated carbocycles. The number of ether oxygens (including phenoxy) is 1. The summed E-state index contributed by atoms with van der Waals surface area (Å²) in [4.78, 5) is 25.0. The lowest BCUT2D eigenvalue weighted by molar-refractivity contribution is -0.127. The van der Waals surface area contributed by atoms with Crippen molar-refractivity contribution in [3.05, 3.63) is 35.9 Å². The molecule has 1 rings (SSSR count). The fourth-order valence-electron chi connectivity index (χ4n) is 1.94. The van der Waals surface area contributed by atoms with Gasteiger partial charge in [-0.2, -0.15) is 0 Å². The second-order valence-corrected chi connectivity index (χ2v) is 12.5. The van der Waals surface area contributed by atoms with Crippen LogP contribution in [0.2, 0.25) is 18.1 Å². The molecule has 0 aliphatic rings. The summed E-state index contributed by atoms with van der Waals surface area (Å²) in [5, 5.41) is 0.141. The molecule has 0 atom stereocenters. The van der Waals surface area contributed by atoms with Crippen LogP contribution in [0, 0.1) is 0 Å². The zero-order chi connectivity index (χ0) is 19.1. The van der Waals surface area contributed by atoms with E-state index in [1.54, 1.807) is 0 Å². The first-order valence-corrected chi connectivity index (χ1v) is 11.6. The van der Waals surface area contributed by atoms with Gasteiger partial charge in [0.2, 0.25) is 5.91 Å². The van der Waals surface area contributed by atoms with Gasteiger partial charge in [-0.1, -0.05) is 51.1 Å². The highest BCUT2D eigenvalue weighted by Crippen LogP contribution is 2.36. The maximum absolute atomic E-state index is 12.2. The fraction of sp³-hybridized carbons (Fsp3) is 0.579. The van der Waals surface area contributed by atoms with Crippen molar-refractivity contribution < 1.29 is 18.8 Å². The van der Waals surface area contributed by atoms with Crippen LogP contribution in [0.25, 0.3) is 0 Å². The summed E-state index contributed by atoms with van der Waals surface area (Å²) < 4.78 is 11.3. The van der Waals surface area contributed by atoms with Crippen LogP contribution in [0.15, 0.2) is 30.3 Å². The number of hydrogen-bond donors (Lipinski definition) is 0. The van der Waals surface area contributed by atoms with Crippen LogP contribution in [0.1, 0.15) is 39.7 Å². The number of amides is 2. The van der Waals surface area contributed by atoms with Gasteiger partial charge in [-0.05, 0) is 30.1 Å². The molecule has 0 heterocycles. The number of rotatable bonds is 7. The monoisotopic (exact) mass is 365 g/mol. The molecule has 2 amide bonds. The van der Waals surface area contributed by atoms with E-state index in [4.69, 9.17) is 9.16 Å². The molecular formula is C19H31NO4Si. The van der Waals surface area contributed by atoms with Gasteiger partial charge in [0.1, 0.15) is 6.61 Å². The summed E-state index contributed by atoms with van der Waals surface area (Å²) in [5.74, 6) is -0.314. The molecule has 5 nitrogen and oxygen atoms in total. The number of carbonyl (C=O) groups excluding carboxylic acids is 2. The van der Waals surface area contributed by atoms with Crippen LogP contribution >= 0.6 is 0 Å². The Kier molecular flexibility index (Phi) is 7.83. The van der Waals surface area contributed by atoms with Crippen LogP contribution in [0.5, 0.6) is 0 Å². The molecule has 0 N–H and O–H groups in total. The lowest BCUT2D eigenvalue weighted by Gasteiger charge is -2.36. The molecule has 0 aliphatic heterocycles. The number of hydrogen-bond acceptors (Lipinski definition) is 4. The Morgan fingerprint density at radius 3 is 2.24 bits per heavy atom. The second-order valence-electron chi connectivity index (χ2n) is 7.67. The van der Waals surface area contributed by atoms with E-state index in [-0.39, 0.29) is 17.6 Å². The quantitative estimate of drug-likeness (QED) is 0.524. The van der Waals surface area contributed by atoms with Gasteiger partial charge in [0.15, 0.2) is 8.32 Å². The molecule has 0 aromatic heterocycles. The largest absolute Gasteiger partial charge is 0.444 e. The summed E-state index contributed by atoms with van der Waals surface area (Å²) in [6.45, 7) is 13.3. The first-order chi connectivity index (χ1) is 11.5. The van der Waals surface area contributed by atoms with Crippen LogP contribution in [0.4, 0.5) is 4.79 Å². The summed E-state index contributed by atoms with van der Waals surface area (Å²) in [5.41, 5.74) is 0.889. The number of benzene rings is 1. The SMILES string of the molecule is CC(=O)N(CCCO[Si](C)(C)C(C)(C)C)C(=O)OCc1ccccc1. The van der Waals surface area contributed by atoms with E-state index < -0.39 is 14.4 Å². The van der Waals surface area contributed by atoms with E-state index in [1.807, 2.05) is 30.3 Å².